The van der Waals surface area contributed by atoms with Crippen LogP contribution in [0.25, 0.3) is 0 Å². The first kappa shape index (κ1) is 18.5. The van der Waals surface area contributed by atoms with E-state index in [4.69, 9.17) is 9.26 Å². The number of amides is 1. The molecule has 6 heteroatoms. The van der Waals surface area contributed by atoms with Crippen molar-refractivity contribution in [2.45, 2.75) is 51.6 Å². The second-order valence-corrected chi connectivity index (χ2v) is 6.99. The zero-order valence-electron chi connectivity index (χ0n) is 15.6. The Morgan fingerprint density at radius 1 is 1.42 bits per heavy atom. The Labute approximate surface area is 153 Å². The number of carbonyl (C=O) groups is 1. The summed E-state index contributed by atoms with van der Waals surface area (Å²) < 4.78 is 10.4. The number of carbonyl (C=O) groups excluding carboxylic acids is 1. The van der Waals surface area contributed by atoms with Gasteiger partial charge in [-0.2, -0.15) is 0 Å². The van der Waals surface area contributed by atoms with Gasteiger partial charge in [0.15, 0.2) is 0 Å². The van der Waals surface area contributed by atoms with Crippen LogP contribution in [0.3, 0.4) is 0 Å². The molecule has 1 aliphatic rings. The second kappa shape index (κ2) is 7.50. The Kier molecular flexibility index (Phi) is 5.32. The zero-order chi connectivity index (χ0) is 18.7. The molecule has 140 valence electrons. The maximum absolute atomic E-state index is 12.3. The van der Waals surface area contributed by atoms with E-state index in [0.717, 1.165) is 46.7 Å². The third kappa shape index (κ3) is 3.75. The van der Waals surface area contributed by atoms with E-state index < -0.39 is 5.60 Å². The zero-order valence-corrected chi connectivity index (χ0v) is 15.6. The van der Waals surface area contributed by atoms with Crippen LogP contribution < -0.4 is 10.1 Å². The van der Waals surface area contributed by atoms with Crippen LogP contribution in [0, 0.1) is 13.8 Å². The van der Waals surface area contributed by atoms with Crippen molar-refractivity contribution in [2.24, 2.45) is 0 Å². The number of fused-ring (bicyclic) bond motifs is 1. The van der Waals surface area contributed by atoms with Crippen LogP contribution in [0.15, 0.2) is 22.7 Å². The van der Waals surface area contributed by atoms with Crippen molar-refractivity contribution in [3.8, 4) is 5.75 Å². The van der Waals surface area contributed by atoms with E-state index in [2.05, 4.69) is 10.5 Å². The molecule has 0 saturated carbocycles. The third-order valence-electron chi connectivity index (χ3n) is 5.21. The number of benzene rings is 1. The summed E-state index contributed by atoms with van der Waals surface area (Å²) in [6.07, 6.45) is 3.35. The molecule has 1 heterocycles. The fraction of sp³-hybridized carbons (Fsp3) is 0.500. The first-order valence-electron chi connectivity index (χ1n) is 9.01. The molecule has 0 bridgehead atoms. The number of aromatic nitrogens is 1. The van der Waals surface area contributed by atoms with Crippen LogP contribution in [0.1, 0.15) is 47.4 Å². The summed E-state index contributed by atoms with van der Waals surface area (Å²) in [6, 6.07) is 5.73. The van der Waals surface area contributed by atoms with Gasteiger partial charge in [0.25, 0.3) is 0 Å². The van der Waals surface area contributed by atoms with Crippen molar-refractivity contribution in [1.82, 2.24) is 10.5 Å². The Hall–Kier alpha value is -2.34. The molecule has 1 atom stereocenters. The van der Waals surface area contributed by atoms with Gasteiger partial charge in [0.2, 0.25) is 5.91 Å². The summed E-state index contributed by atoms with van der Waals surface area (Å²) in [5, 5.41) is 17.9. The smallest absolute Gasteiger partial charge is 0.220 e. The minimum atomic E-state index is -1.03. The van der Waals surface area contributed by atoms with Crippen molar-refractivity contribution < 1.29 is 19.2 Å². The number of hydrogen-bond acceptors (Lipinski definition) is 5. The average Bonchev–Trinajstić information content (AvgIpc) is 2.96. The van der Waals surface area contributed by atoms with E-state index in [9.17, 15) is 9.90 Å². The van der Waals surface area contributed by atoms with Gasteiger partial charge in [-0.05, 0) is 62.8 Å². The maximum Gasteiger partial charge on any atom is 0.220 e. The monoisotopic (exact) mass is 358 g/mol. The molecule has 6 nitrogen and oxygen atoms in total. The highest BCUT2D eigenvalue weighted by Gasteiger charge is 2.34. The number of rotatable bonds is 6. The predicted octanol–water partition coefficient (Wildman–Crippen LogP) is 2.57. The van der Waals surface area contributed by atoms with Crippen molar-refractivity contribution in [1.29, 1.82) is 0 Å². The molecule has 0 spiro atoms. The molecule has 0 aliphatic heterocycles. The van der Waals surface area contributed by atoms with E-state index in [-0.39, 0.29) is 12.5 Å². The summed E-state index contributed by atoms with van der Waals surface area (Å²) >= 11 is 0. The van der Waals surface area contributed by atoms with Crippen LogP contribution >= 0.6 is 0 Å². The number of nitrogens with one attached hydrogen (secondary N) is 1. The molecule has 0 saturated heterocycles. The molecule has 3 rings (SSSR count). The highest BCUT2D eigenvalue weighted by molar-refractivity contribution is 5.76. The Bertz CT molecular complexity index is 780. The molecular weight excluding hydrogens is 332 g/mol. The number of methoxy groups -OCH3 is 1. The second-order valence-electron chi connectivity index (χ2n) is 6.99. The molecule has 1 aromatic carbocycles. The lowest BCUT2D eigenvalue weighted by atomic mass is 9.79. The van der Waals surface area contributed by atoms with Crippen LogP contribution in [-0.2, 0) is 23.2 Å². The molecular formula is C20H26N2O4. The van der Waals surface area contributed by atoms with Gasteiger partial charge in [0.05, 0.1) is 19.3 Å². The number of aliphatic hydroxyl groups is 1. The fourth-order valence-electron chi connectivity index (χ4n) is 3.68. The first-order valence-corrected chi connectivity index (χ1v) is 9.01. The quantitative estimate of drug-likeness (QED) is 0.829. The third-order valence-corrected chi connectivity index (χ3v) is 5.21. The summed E-state index contributed by atoms with van der Waals surface area (Å²) in [5.74, 6) is 1.46. The lowest BCUT2D eigenvalue weighted by molar-refractivity contribution is -0.122. The van der Waals surface area contributed by atoms with E-state index in [0.29, 0.717) is 19.3 Å². The molecule has 1 amide bonds. The molecule has 0 radical (unpaired) electrons. The highest BCUT2D eigenvalue weighted by Crippen LogP contribution is 2.36. The summed E-state index contributed by atoms with van der Waals surface area (Å²) in [4.78, 5) is 12.3. The van der Waals surface area contributed by atoms with Crippen LogP contribution in [0.4, 0.5) is 0 Å². The molecule has 1 aliphatic carbocycles. The summed E-state index contributed by atoms with van der Waals surface area (Å²) in [5.41, 5.74) is 2.75. The van der Waals surface area contributed by atoms with Crippen molar-refractivity contribution in [2.75, 3.05) is 13.7 Å². The van der Waals surface area contributed by atoms with Crippen LogP contribution in [0.5, 0.6) is 5.75 Å². The van der Waals surface area contributed by atoms with E-state index >= 15 is 0 Å². The van der Waals surface area contributed by atoms with Crippen LogP contribution in [-0.4, -0.2) is 29.8 Å². The number of aryl methyl sites for hydroxylation is 3. The van der Waals surface area contributed by atoms with Crippen molar-refractivity contribution >= 4 is 5.91 Å². The van der Waals surface area contributed by atoms with E-state index in [1.54, 1.807) is 7.11 Å². The average molecular weight is 358 g/mol. The summed E-state index contributed by atoms with van der Waals surface area (Å²) in [7, 11) is 1.63. The van der Waals surface area contributed by atoms with Gasteiger partial charge in [-0.15, -0.1) is 0 Å². The SMILES string of the molecule is COc1ccc2c(c1)CCCC2(O)CNC(=O)CCc1c(C)noc1C. The minimum absolute atomic E-state index is 0.0842. The largest absolute Gasteiger partial charge is 0.497 e. The summed E-state index contributed by atoms with van der Waals surface area (Å²) in [6.45, 7) is 3.94. The van der Waals surface area contributed by atoms with E-state index in [1.165, 1.54) is 0 Å². The van der Waals surface area contributed by atoms with Gasteiger partial charge < -0.3 is 19.7 Å². The number of hydrogen-bond donors (Lipinski definition) is 2. The number of ether oxygens (including phenoxy) is 1. The Morgan fingerprint density at radius 2 is 2.23 bits per heavy atom. The van der Waals surface area contributed by atoms with Crippen molar-refractivity contribution in [3.05, 3.63) is 46.3 Å². The van der Waals surface area contributed by atoms with Gasteiger partial charge in [0, 0.05) is 12.0 Å². The fourth-order valence-corrected chi connectivity index (χ4v) is 3.68. The number of nitrogens with zero attached hydrogens (tertiary/aromatic N) is 1. The Balaban J connectivity index is 1.62. The molecule has 1 aromatic heterocycles. The van der Waals surface area contributed by atoms with E-state index in [1.807, 2.05) is 32.0 Å². The van der Waals surface area contributed by atoms with Gasteiger partial charge in [0.1, 0.15) is 17.1 Å². The van der Waals surface area contributed by atoms with Crippen LogP contribution in [0.2, 0.25) is 0 Å². The molecule has 2 N–H and O–H groups in total. The lowest BCUT2D eigenvalue weighted by Crippen LogP contribution is -2.43. The standard InChI is InChI=1S/C20H26N2O4/c1-13-17(14(2)26-22-13)7-9-19(23)21-12-20(24)10-4-5-15-11-16(25-3)6-8-18(15)20/h6,8,11,24H,4-5,7,9-10,12H2,1-3H3,(H,21,23). The van der Waals surface area contributed by atoms with Crippen molar-refractivity contribution in [3.63, 3.8) is 0 Å². The minimum Gasteiger partial charge on any atom is -0.497 e. The molecule has 2 aromatic rings. The normalized spacial score (nSPS) is 19.1. The molecule has 1 unspecified atom stereocenters. The highest BCUT2D eigenvalue weighted by atomic mass is 16.5. The Morgan fingerprint density at radius 3 is 2.92 bits per heavy atom. The molecule has 0 fully saturated rings. The van der Waals surface area contributed by atoms with Gasteiger partial charge in [-0.25, -0.2) is 0 Å². The van der Waals surface area contributed by atoms with Gasteiger partial charge in [-0.1, -0.05) is 11.2 Å². The van der Waals surface area contributed by atoms with Gasteiger partial charge in [-0.3, -0.25) is 4.79 Å². The van der Waals surface area contributed by atoms with Gasteiger partial charge >= 0.3 is 0 Å². The maximum atomic E-state index is 12.3. The lowest BCUT2D eigenvalue weighted by Gasteiger charge is -2.35. The molecule has 26 heavy (non-hydrogen) atoms. The topological polar surface area (TPSA) is 84.6 Å². The first-order chi connectivity index (χ1) is 12.4. The predicted molar refractivity (Wildman–Crippen MR) is 97.1 cm³/mol.